The highest BCUT2D eigenvalue weighted by Gasteiger charge is 2.26. The molecule has 2 N–H and O–H groups in total. The number of fused-ring (bicyclic) bond motifs is 1. The Bertz CT molecular complexity index is 352. The molecule has 0 aromatic carbocycles. The van der Waals surface area contributed by atoms with Crippen molar-refractivity contribution in [1.29, 1.82) is 0 Å². The Hall–Kier alpha value is -1.51. The average Bonchev–Trinajstić information content (AvgIpc) is 2.59. The van der Waals surface area contributed by atoms with Crippen molar-refractivity contribution in [2.45, 2.75) is 19.4 Å². The molecule has 0 amide bonds. The number of carboxylic acid groups (broad SMARTS) is 1. The van der Waals surface area contributed by atoms with E-state index in [2.05, 4.69) is 11.4 Å². The first-order valence-electron chi connectivity index (χ1n) is 4.76. The maximum absolute atomic E-state index is 10.8. The van der Waals surface area contributed by atoms with Crippen LogP contribution in [-0.2, 0) is 4.79 Å². The van der Waals surface area contributed by atoms with E-state index < -0.39 is 11.9 Å². The van der Waals surface area contributed by atoms with E-state index in [1.165, 1.54) is 5.57 Å². The first-order chi connectivity index (χ1) is 6.68. The van der Waals surface area contributed by atoms with Gasteiger partial charge in [-0.15, -0.1) is 0 Å². The third-order valence-electron chi connectivity index (χ3n) is 2.70. The smallest absolute Gasteiger partial charge is 0.312 e. The molecular formula is C11H13NO2. The largest absolute Gasteiger partial charge is 0.481 e. The van der Waals surface area contributed by atoms with Crippen molar-refractivity contribution in [2.24, 2.45) is 5.92 Å². The first-order valence-corrected chi connectivity index (χ1v) is 4.76. The van der Waals surface area contributed by atoms with Gasteiger partial charge in [0.15, 0.2) is 0 Å². The van der Waals surface area contributed by atoms with Gasteiger partial charge in [0.05, 0.1) is 12.0 Å². The highest BCUT2D eigenvalue weighted by molar-refractivity contribution is 5.73. The molecule has 74 valence electrons. The first kappa shape index (κ1) is 9.06. The molecule has 2 rings (SSSR count). The van der Waals surface area contributed by atoms with E-state index in [0.29, 0.717) is 0 Å². The summed E-state index contributed by atoms with van der Waals surface area (Å²) in [7, 11) is 0. The van der Waals surface area contributed by atoms with Gasteiger partial charge in [0.2, 0.25) is 0 Å². The predicted molar refractivity (Wildman–Crippen MR) is 53.6 cm³/mol. The van der Waals surface area contributed by atoms with Gasteiger partial charge >= 0.3 is 5.97 Å². The molecule has 0 saturated heterocycles. The highest BCUT2D eigenvalue weighted by atomic mass is 16.4. The summed E-state index contributed by atoms with van der Waals surface area (Å²) in [5.74, 6) is -1.22. The van der Waals surface area contributed by atoms with Gasteiger partial charge in [-0.05, 0) is 25.0 Å². The van der Waals surface area contributed by atoms with Gasteiger partial charge in [-0.2, -0.15) is 0 Å². The van der Waals surface area contributed by atoms with Crippen LogP contribution in [0.1, 0.15) is 13.3 Å². The number of carboxylic acids is 1. The van der Waals surface area contributed by atoms with Crippen molar-refractivity contribution >= 4 is 5.97 Å². The van der Waals surface area contributed by atoms with E-state index in [1.807, 2.05) is 18.2 Å². The topological polar surface area (TPSA) is 49.3 Å². The van der Waals surface area contributed by atoms with Crippen LogP contribution in [0.25, 0.3) is 0 Å². The van der Waals surface area contributed by atoms with Crippen LogP contribution in [-0.4, -0.2) is 17.1 Å². The zero-order valence-electron chi connectivity index (χ0n) is 8.03. The number of aliphatic carboxylic acids is 1. The van der Waals surface area contributed by atoms with Crippen LogP contribution in [0.2, 0.25) is 0 Å². The Balaban J connectivity index is 2.18. The third-order valence-corrected chi connectivity index (χ3v) is 2.70. The minimum atomic E-state index is -0.782. The SMILES string of the molecule is CC(C(=O)O)C1=CC2=CC=CCC2N1. The van der Waals surface area contributed by atoms with E-state index >= 15 is 0 Å². The van der Waals surface area contributed by atoms with Gasteiger partial charge in [0.25, 0.3) is 0 Å². The van der Waals surface area contributed by atoms with Gasteiger partial charge in [-0.1, -0.05) is 18.2 Å². The Kier molecular flexibility index (Phi) is 2.15. The molecule has 0 bridgehead atoms. The lowest BCUT2D eigenvalue weighted by atomic mass is 10.0. The molecule has 0 spiro atoms. The van der Waals surface area contributed by atoms with Gasteiger partial charge in [0, 0.05) is 5.70 Å². The minimum Gasteiger partial charge on any atom is -0.481 e. The zero-order valence-corrected chi connectivity index (χ0v) is 8.03. The summed E-state index contributed by atoms with van der Waals surface area (Å²) >= 11 is 0. The summed E-state index contributed by atoms with van der Waals surface area (Å²) in [5.41, 5.74) is 2.01. The van der Waals surface area contributed by atoms with Crippen LogP contribution in [0.4, 0.5) is 0 Å². The van der Waals surface area contributed by atoms with Crippen LogP contribution < -0.4 is 5.32 Å². The number of carbonyl (C=O) groups is 1. The average molecular weight is 191 g/mol. The second-order valence-electron chi connectivity index (χ2n) is 3.69. The van der Waals surface area contributed by atoms with Crippen LogP contribution >= 0.6 is 0 Å². The number of nitrogens with one attached hydrogen (secondary N) is 1. The van der Waals surface area contributed by atoms with Crippen LogP contribution in [0.5, 0.6) is 0 Å². The molecule has 3 nitrogen and oxygen atoms in total. The van der Waals surface area contributed by atoms with Crippen molar-refractivity contribution in [3.63, 3.8) is 0 Å². The van der Waals surface area contributed by atoms with Crippen LogP contribution in [0.3, 0.4) is 0 Å². The summed E-state index contributed by atoms with van der Waals surface area (Å²) in [6.45, 7) is 1.70. The Morgan fingerprint density at radius 3 is 3.14 bits per heavy atom. The molecule has 2 unspecified atom stereocenters. The fourth-order valence-corrected chi connectivity index (χ4v) is 1.74. The van der Waals surface area contributed by atoms with Crippen molar-refractivity contribution in [3.8, 4) is 0 Å². The van der Waals surface area contributed by atoms with Gasteiger partial charge in [-0.25, -0.2) is 0 Å². The molecule has 0 aromatic heterocycles. The van der Waals surface area contributed by atoms with E-state index in [1.54, 1.807) is 6.92 Å². The lowest BCUT2D eigenvalue weighted by molar-refractivity contribution is -0.139. The standard InChI is InChI=1S/C11H13NO2/c1-7(11(13)14)10-6-8-4-2-3-5-9(8)12-10/h2-4,6-7,9,12H,5H2,1H3,(H,13,14). The monoisotopic (exact) mass is 191 g/mol. The molecule has 2 atom stereocenters. The summed E-state index contributed by atoms with van der Waals surface area (Å²) in [5, 5.41) is 12.1. The second-order valence-corrected chi connectivity index (χ2v) is 3.69. The van der Waals surface area contributed by atoms with E-state index in [0.717, 1.165) is 12.1 Å². The minimum absolute atomic E-state index is 0.289. The van der Waals surface area contributed by atoms with Crippen LogP contribution in [0.15, 0.2) is 35.6 Å². The molecule has 1 aliphatic heterocycles. The quantitative estimate of drug-likeness (QED) is 0.694. The molecule has 3 heteroatoms. The maximum atomic E-state index is 10.8. The summed E-state index contributed by atoms with van der Waals surface area (Å²) < 4.78 is 0. The fourth-order valence-electron chi connectivity index (χ4n) is 1.74. The molecule has 1 aliphatic carbocycles. The Morgan fingerprint density at radius 1 is 1.71 bits per heavy atom. The molecule has 1 heterocycles. The Labute approximate surface area is 82.8 Å². The molecule has 0 radical (unpaired) electrons. The maximum Gasteiger partial charge on any atom is 0.312 e. The number of allylic oxidation sites excluding steroid dienone is 2. The highest BCUT2D eigenvalue weighted by Crippen LogP contribution is 2.26. The summed E-state index contributed by atoms with van der Waals surface area (Å²) in [4.78, 5) is 10.8. The van der Waals surface area contributed by atoms with E-state index in [9.17, 15) is 4.79 Å². The van der Waals surface area contributed by atoms with Crippen LogP contribution in [0, 0.1) is 5.92 Å². The summed E-state index contributed by atoms with van der Waals surface area (Å²) in [6.07, 6.45) is 9.02. The summed E-state index contributed by atoms with van der Waals surface area (Å²) in [6, 6.07) is 0.289. The predicted octanol–water partition coefficient (Wildman–Crippen LogP) is 1.45. The molecule has 0 aromatic rings. The molecule has 0 saturated carbocycles. The second kappa shape index (κ2) is 3.33. The molecule has 0 fully saturated rings. The zero-order chi connectivity index (χ0) is 10.1. The lowest BCUT2D eigenvalue weighted by Gasteiger charge is -2.16. The van der Waals surface area contributed by atoms with Crippen molar-refractivity contribution in [2.75, 3.05) is 0 Å². The normalized spacial score (nSPS) is 25.9. The lowest BCUT2D eigenvalue weighted by Crippen LogP contribution is -2.28. The van der Waals surface area contributed by atoms with E-state index in [-0.39, 0.29) is 6.04 Å². The van der Waals surface area contributed by atoms with Gasteiger partial charge < -0.3 is 10.4 Å². The number of hydrogen-bond acceptors (Lipinski definition) is 2. The molecule has 14 heavy (non-hydrogen) atoms. The van der Waals surface area contributed by atoms with Gasteiger partial charge in [-0.3, -0.25) is 4.79 Å². The van der Waals surface area contributed by atoms with Crippen molar-refractivity contribution < 1.29 is 9.90 Å². The Morgan fingerprint density at radius 2 is 2.50 bits per heavy atom. The molecule has 2 aliphatic rings. The third kappa shape index (κ3) is 1.45. The van der Waals surface area contributed by atoms with E-state index in [4.69, 9.17) is 5.11 Å². The number of hydrogen-bond donors (Lipinski definition) is 2. The van der Waals surface area contributed by atoms with Gasteiger partial charge in [0.1, 0.15) is 0 Å². The number of rotatable bonds is 2. The molecular weight excluding hydrogens is 178 g/mol. The van der Waals surface area contributed by atoms with Crippen molar-refractivity contribution in [3.05, 3.63) is 35.6 Å². The fraction of sp³-hybridized carbons (Fsp3) is 0.364. The van der Waals surface area contributed by atoms with Crippen molar-refractivity contribution in [1.82, 2.24) is 5.32 Å².